The molecule has 0 aromatic carbocycles. The van der Waals surface area contributed by atoms with E-state index in [0.29, 0.717) is 12.5 Å². The van der Waals surface area contributed by atoms with Crippen molar-refractivity contribution in [2.24, 2.45) is 10.9 Å². The maximum absolute atomic E-state index is 12.2. The number of piperazine rings is 1. The van der Waals surface area contributed by atoms with Crippen LogP contribution in [0.5, 0.6) is 0 Å². The Morgan fingerprint density at radius 2 is 1.75 bits per heavy atom. The Balaban J connectivity index is 2.61. The highest BCUT2D eigenvalue weighted by Crippen LogP contribution is 2.15. The fourth-order valence-electron chi connectivity index (χ4n) is 2.66. The first-order chi connectivity index (χ1) is 11.1. The van der Waals surface area contributed by atoms with E-state index in [0.717, 1.165) is 45.2 Å². The summed E-state index contributed by atoms with van der Waals surface area (Å²) in [5.41, 5.74) is 0. The van der Waals surface area contributed by atoms with Gasteiger partial charge in [0.05, 0.1) is 17.0 Å². The Labute approximate surface area is 148 Å². The normalized spacial score (nSPS) is 18.3. The third-order valence-electron chi connectivity index (χ3n) is 4.18. The lowest BCUT2D eigenvalue weighted by Gasteiger charge is -2.37. The van der Waals surface area contributed by atoms with Gasteiger partial charge in [0.25, 0.3) is 0 Å². The third kappa shape index (κ3) is 6.59. The molecule has 0 aromatic rings. The fraction of sp³-hybridized carbons (Fsp3) is 0.941. The number of hydrogen-bond donors (Lipinski definition) is 1. The van der Waals surface area contributed by atoms with E-state index in [2.05, 4.69) is 34.0 Å². The number of nitrogens with zero attached hydrogens (tertiary/aromatic N) is 3. The van der Waals surface area contributed by atoms with E-state index in [-0.39, 0.29) is 5.75 Å². The summed E-state index contributed by atoms with van der Waals surface area (Å²) < 4.78 is 23.7. The van der Waals surface area contributed by atoms with Gasteiger partial charge in [-0.2, -0.15) is 0 Å². The zero-order chi connectivity index (χ0) is 18.4. The van der Waals surface area contributed by atoms with E-state index >= 15 is 0 Å². The van der Waals surface area contributed by atoms with Gasteiger partial charge in [0, 0.05) is 39.3 Å². The van der Waals surface area contributed by atoms with Crippen molar-refractivity contribution in [1.29, 1.82) is 0 Å². The summed E-state index contributed by atoms with van der Waals surface area (Å²) in [7, 11) is -3.12. The second-order valence-electron chi connectivity index (χ2n) is 7.85. The smallest absolute Gasteiger partial charge is 0.194 e. The molecule has 24 heavy (non-hydrogen) atoms. The van der Waals surface area contributed by atoms with Crippen LogP contribution in [0.25, 0.3) is 0 Å². The molecule has 7 heteroatoms. The summed E-state index contributed by atoms with van der Waals surface area (Å²) in [5.74, 6) is 1.62. The summed E-state index contributed by atoms with van der Waals surface area (Å²) in [5, 5.41) is 3.30. The maximum atomic E-state index is 12.2. The van der Waals surface area contributed by atoms with Gasteiger partial charge in [-0.05, 0) is 33.6 Å². The fourth-order valence-corrected chi connectivity index (χ4v) is 3.61. The standard InChI is InChI=1S/C17H36N4O2S/c1-7-18-16(19-8-13-24(22,23)17(4,5)6)21-11-9-20(10-12-21)14-15(2)3/h15H,7-14H2,1-6H3,(H,18,19). The van der Waals surface area contributed by atoms with Gasteiger partial charge < -0.3 is 10.2 Å². The lowest BCUT2D eigenvalue weighted by molar-refractivity contribution is 0.164. The molecule has 0 aromatic heterocycles. The molecule has 0 saturated carbocycles. The second kappa shape index (κ2) is 9.04. The van der Waals surface area contributed by atoms with Gasteiger partial charge in [0.1, 0.15) is 0 Å². The van der Waals surface area contributed by atoms with Gasteiger partial charge in [-0.1, -0.05) is 13.8 Å². The topological polar surface area (TPSA) is 65.0 Å². The maximum Gasteiger partial charge on any atom is 0.194 e. The van der Waals surface area contributed by atoms with E-state index in [1.807, 2.05) is 6.92 Å². The molecular weight excluding hydrogens is 324 g/mol. The molecule has 1 heterocycles. The zero-order valence-corrected chi connectivity index (χ0v) is 17.1. The van der Waals surface area contributed by atoms with Crippen molar-refractivity contribution in [3.8, 4) is 0 Å². The molecule has 0 atom stereocenters. The van der Waals surface area contributed by atoms with Gasteiger partial charge >= 0.3 is 0 Å². The molecule has 0 spiro atoms. The zero-order valence-electron chi connectivity index (χ0n) is 16.3. The van der Waals surface area contributed by atoms with Crippen molar-refractivity contribution >= 4 is 15.8 Å². The highest BCUT2D eigenvalue weighted by molar-refractivity contribution is 7.92. The largest absolute Gasteiger partial charge is 0.357 e. The molecule has 6 nitrogen and oxygen atoms in total. The summed E-state index contributed by atoms with van der Waals surface area (Å²) in [4.78, 5) is 9.28. The predicted octanol–water partition coefficient (Wildman–Crippen LogP) is 1.44. The molecule has 0 aliphatic carbocycles. The highest BCUT2D eigenvalue weighted by atomic mass is 32.2. The van der Waals surface area contributed by atoms with Crippen LogP contribution in [0, 0.1) is 5.92 Å². The quantitative estimate of drug-likeness (QED) is 0.573. The minimum Gasteiger partial charge on any atom is -0.357 e. The SMILES string of the molecule is CCNC(=NCCS(=O)(=O)C(C)(C)C)N1CCN(CC(C)C)CC1. The molecule has 0 radical (unpaired) electrons. The lowest BCUT2D eigenvalue weighted by Crippen LogP contribution is -2.53. The van der Waals surface area contributed by atoms with Crippen LogP contribution in [0.2, 0.25) is 0 Å². The lowest BCUT2D eigenvalue weighted by atomic mass is 10.2. The van der Waals surface area contributed by atoms with Crippen LogP contribution in [-0.4, -0.2) is 80.5 Å². The van der Waals surface area contributed by atoms with Crippen LogP contribution in [-0.2, 0) is 9.84 Å². The molecule has 1 N–H and O–H groups in total. The summed E-state index contributed by atoms with van der Waals surface area (Å²) >= 11 is 0. The minimum absolute atomic E-state index is 0.0959. The number of aliphatic imine (C=N–C) groups is 1. The Bertz CT molecular complexity index is 501. The average molecular weight is 361 g/mol. The molecule has 142 valence electrons. The van der Waals surface area contributed by atoms with Gasteiger partial charge in [-0.15, -0.1) is 0 Å². The van der Waals surface area contributed by atoms with Gasteiger partial charge in [0.15, 0.2) is 15.8 Å². The molecule has 0 unspecified atom stereocenters. The molecular formula is C17H36N4O2S. The van der Waals surface area contributed by atoms with Crippen LogP contribution >= 0.6 is 0 Å². The van der Waals surface area contributed by atoms with E-state index in [1.54, 1.807) is 20.8 Å². The number of sulfone groups is 1. The van der Waals surface area contributed by atoms with Crippen molar-refractivity contribution in [3.05, 3.63) is 0 Å². The molecule has 1 fully saturated rings. The van der Waals surface area contributed by atoms with Crippen LogP contribution in [0.4, 0.5) is 0 Å². The van der Waals surface area contributed by atoms with Crippen LogP contribution in [0.15, 0.2) is 4.99 Å². The Morgan fingerprint density at radius 1 is 1.17 bits per heavy atom. The van der Waals surface area contributed by atoms with Crippen molar-refractivity contribution in [1.82, 2.24) is 15.1 Å². The Morgan fingerprint density at radius 3 is 2.21 bits per heavy atom. The molecule has 1 aliphatic heterocycles. The summed E-state index contributed by atoms with van der Waals surface area (Å²) in [6.07, 6.45) is 0. The molecule has 0 bridgehead atoms. The number of nitrogens with one attached hydrogen (secondary N) is 1. The average Bonchev–Trinajstić information content (AvgIpc) is 2.45. The van der Waals surface area contributed by atoms with Crippen molar-refractivity contribution < 1.29 is 8.42 Å². The number of hydrogen-bond acceptors (Lipinski definition) is 4. The number of guanidine groups is 1. The van der Waals surface area contributed by atoms with Crippen LogP contribution in [0.1, 0.15) is 41.5 Å². The molecule has 1 aliphatic rings. The minimum atomic E-state index is -3.12. The van der Waals surface area contributed by atoms with Gasteiger partial charge in [0.2, 0.25) is 0 Å². The Hall–Kier alpha value is -0.820. The van der Waals surface area contributed by atoms with Gasteiger partial charge in [-0.25, -0.2) is 8.42 Å². The van der Waals surface area contributed by atoms with Crippen LogP contribution < -0.4 is 5.32 Å². The van der Waals surface area contributed by atoms with E-state index in [9.17, 15) is 8.42 Å². The summed E-state index contributed by atoms with van der Waals surface area (Å²) in [6, 6.07) is 0. The monoisotopic (exact) mass is 360 g/mol. The van der Waals surface area contributed by atoms with E-state index in [1.165, 1.54) is 0 Å². The van der Waals surface area contributed by atoms with Crippen molar-refractivity contribution in [2.45, 2.75) is 46.3 Å². The summed E-state index contributed by atoms with van der Waals surface area (Å²) in [6.45, 7) is 17.9. The molecule has 1 saturated heterocycles. The second-order valence-corrected chi connectivity index (χ2v) is 10.7. The molecule has 1 rings (SSSR count). The first-order valence-corrected chi connectivity index (χ1v) is 10.7. The number of rotatable bonds is 6. The van der Waals surface area contributed by atoms with Crippen molar-refractivity contribution in [2.75, 3.05) is 51.6 Å². The van der Waals surface area contributed by atoms with E-state index < -0.39 is 14.6 Å². The van der Waals surface area contributed by atoms with Crippen molar-refractivity contribution in [3.63, 3.8) is 0 Å². The third-order valence-corrected chi connectivity index (χ3v) is 6.77. The van der Waals surface area contributed by atoms with E-state index in [4.69, 9.17) is 0 Å². The van der Waals surface area contributed by atoms with Crippen LogP contribution in [0.3, 0.4) is 0 Å². The predicted molar refractivity (Wildman–Crippen MR) is 102 cm³/mol. The van der Waals surface area contributed by atoms with Gasteiger partial charge in [-0.3, -0.25) is 9.89 Å². The first-order valence-electron chi connectivity index (χ1n) is 9.04. The first kappa shape index (κ1) is 21.2. The highest BCUT2D eigenvalue weighted by Gasteiger charge is 2.28. The molecule has 0 amide bonds. The Kier molecular flexibility index (Phi) is 7.99.